The number of hydrogen-bond donors (Lipinski definition) is 1. The van der Waals surface area contributed by atoms with E-state index in [1.807, 2.05) is 12.4 Å². The average Bonchev–Trinajstić information content (AvgIpc) is 3.05. The van der Waals surface area contributed by atoms with Crippen molar-refractivity contribution in [1.29, 1.82) is 0 Å². The fourth-order valence-electron chi connectivity index (χ4n) is 3.41. The van der Waals surface area contributed by atoms with Gasteiger partial charge in [0, 0.05) is 51.2 Å². The van der Waals surface area contributed by atoms with Gasteiger partial charge in [-0.2, -0.15) is 0 Å². The standard InChI is InChI=1S/C15H24N4O/c1-20-6-5-16-7-12-8-17-15(18-9-12)19-10-13-3-2-4-14(13)11-19/h8-9,13-14,16H,2-7,10-11H2,1H3. The lowest BCUT2D eigenvalue weighted by atomic mass is 10.0. The maximum Gasteiger partial charge on any atom is 0.225 e. The van der Waals surface area contributed by atoms with E-state index in [1.165, 1.54) is 19.3 Å². The first-order valence-corrected chi connectivity index (χ1v) is 7.62. The molecule has 1 saturated heterocycles. The minimum atomic E-state index is 0.732. The van der Waals surface area contributed by atoms with Crippen molar-refractivity contribution in [3.63, 3.8) is 0 Å². The van der Waals surface area contributed by atoms with Gasteiger partial charge in [0.15, 0.2) is 0 Å². The van der Waals surface area contributed by atoms with Gasteiger partial charge < -0.3 is 15.0 Å². The van der Waals surface area contributed by atoms with Crippen LogP contribution in [0, 0.1) is 11.8 Å². The predicted molar refractivity (Wildman–Crippen MR) is 78.7 cm³/mol. The van der Waals surface area contributed by atoms with Crippen molar-refractivity contribution in [1.82, 2.24) is 15.3 Å². The first-order valence-electron chi connectivity index (χ1n) is 7.62. The first kappa shape index (κ1) is 13.8. The molecule has 2 heterocycles. The molecule has 1 aromatic rings. The smallest absolute Gasteiger partial charge is 0.225 e. The Morgan fingerprint density at radius 2 is 1.95 bits per heavy atom. The Hall–Kier alpha value is -1.20. The van der Waals surface area contributed by atoms with Gasteiger partial charge in [0.05, 0.1) is 6.61 Å². The number of fused-ring (bicyclic) bond motifs is 1. The molecule has 1 aliphatic heterocycles. The number of aromatic nitrogens is 2. The molecule has 2 atom stereocenters. The molecule has 1 aromatic heterocycles. The highest BCUT2D eigenvalue weighted by molar-refractivity contribution is 5.32. The van der Waals surface area contributed by atoms with Crippen LogP contribution in [0.3, 0.4) is 0 Å². The number of methoxy groups -OCH3 is 1. The van der Waals surface area contributed by atoms with Crippen molar-refractivity contribution >= 4 is 5.95 Å². The number of nitrogens with one attached hydrogen (secondary N) is 1. The number of ether oxygens (including phenoxy) is 1. The van der Waals surface area contributed by atoms with E-state index < -0.39 is 0 Å². The molecule has 0 spiro atoms. The Kier molecular flexibility index (Phi) is 4.47. The third-order valence-corrected chi connectivity index (χ3v) is 4.51. The number of hydrogen-bond acceptors (Lipinski definition) is 5. The quantitative estimate of drug-likeness (QED) is 0.797. The Labute approximate surface area is 120 Å². The van der Waals surface area contributed by atoms with E-state index in [4.69, 9.17) is 4.74 Å². The van der Waals surface area contributed by atoms with Crippen molar-refractivity contribution < 1.29 is 4.74 Å². The Bertz CT molecular complexity index is 410. The molecule has 2 fully saturated rings. The van der Waals surface area contributed by atoms with Gasteiger partial charge in [-0.05, 0) is 24.7 Å². The second-order valence-electron chi connectivity index (χ2n) is 5.92. The van der Waals surface area contributed by atoms with Crippen molar-refractivity contribution in [2.24, 2.45) is 11.8 Å². The summed E-state index contributed by atoms with van der Waals surface area (Å²) >= 11 is 0. The van der Waals surface area contributed by atoms with Crippen molar-refractivity contribution in [3.05, 3.63) is 18.0 Å². The zero-order chi connectivity index (χ0) is 13.8. The van der Waals surface area contributed by atoms with Gasteiger partial charge in [0.25, 0.3) is 0 Å². The fourth-order valence-corrected chi connectivity index (χ4v) is 3.41. The Morgan fingerprint density at radius 1 is 1.25 bits per heavy atom. The van der Waals surface area contributed by atoms with E-state index in [1.54, 1.807) is 7.11 Å². The van der Waals surface area contributed by atoms with Gasteiger partial charge in [-0.25, -0.2) is 9.97 Å². The van der Waals surface area contributed by atoms with E-state index >= 15 is 0 Å². The number of rotatable bonds is 6. The molecule has 1 aliphatic carbocycles. The molecule has 5 heteroatoms. The SMILES string of the molecule is COCCNCc1cnc(N2CC3CCCC3C2)nc1. The first-order chi connectivity index (χ1) is 9.86. The largest absolute Gasteiger partial charge is 0.383 e. The molecule has 3 rings (SSSR count). The van der Waals surface area contributed by atoms with E-state index in [2.05, 4.69) is 20.2 Å². The molecule has 0 radical (unpaired) electrons. The van der Waals surface area contributed by atoms with Crippen molar-refractivity contribution in [2.75, 3.05) is 38.3 Å². The molecular formula is C15H24N4O. The van der Waals surface area contributed by atoms with Gasteiger partial charge in [-0.1, -0.05) is 6.42 Å². The Morgan fingerprint density at radius 3 is 2.60 bits per heavy atom. The summed E-state index contributed by atoms with van der Waals surface area (Å²) in [5.41, 5.74) is 1.13. The molecule has 2 unspecified atom stereocenters. The highest BCUT2D eigenvalue weighted by Crippen LogP contribution is 2.38. The van der Waals surface area contributed by atoms with Crippen LogP contribution in [0.1, 0.15) is 24.8 Å². The van der Waals surface area contributed by atoms with E-state index in [-0.39, 0.29) is 0 Å². The lowest BCUT2D eigenvalue weighted by Gasteiger charge is -2.17. The normalized spacial score (nSPS) is 25.1. The molecule has 1 N–H and O–H groups in total. The maximum absolute atomic E-state index is 5.00. The van der Waals surface area contributed by atoms with Crippen molar-refractivity contribution in [3.8, 4) is 0 Å². The van der Waals surface area contributed by atoms with Crippen LogP contribution in [0.2, 0.25) is 0 Å². The molecule has 2 aliphatic rings. The monoisotopic (exact) mass is 276 g/mol. The molecule has 1 saturated carbocycles. The zero-order valence-corrected chi connectivity index (χ0v) is 12.2. The Balaban J connectivity index is 1.51. The summed E-state index contributed by atoms with van der Waals surface area (Å²) in [5.74, 6) is 2.67. The molecule has 20 heavy (non-hydrogen) atoms. The molecule has 0 bridgehead atoms. The molecule has 5 nitrogen and oxygen atoms in total. The van der Waals surface area contributed by atoms with Crippen LogP contribution in [-0.2, 0) is 11.3 Å². The van der Waals surface area contributed by atoms with Crippen molar-refractivity contribution in [2.45, 2.75) is 25.8 Å². The second-order valence-corrected chi connectivity index (χ2v) is 5.92. The lowest BCUT2D eigenvalue weighted by Crippen LogP contribution is -2.23. The molecular weight excluding hydrogens is 252 g/mol. The minimum absolute atomic E-state index is 0.732. The van der Waals surface area contributed by atoms with Gasteiger partial charge >= 0.3 is 0 Å². The van der Waals surface area contributed by atoms with E-state index in [0.29, 0.717) is 0 Å². The second kappa shape index (κ2) is 6.50. The predicted octanol–water partition coefficient (Wildman–Crippen LogP) is 1.45. The van der Waals surface area contributed by atoms with Crippen LogP contribution < -0.4 is 10.2 Å². The lowest BCUT2D eigenvalue weighted by molar-refractivity contribution is 0.199. The highest BCUT2D eigenvalue weighted by atomic mass is 16.5. The summed E-state index contributed by atoms with van der Waals surface area (Å²) < 4.78 is 5.00. The summed E-state index contributed by atoms with van der Waals surface area (Å²) in [6, 6.07) is 0. The third kappa shape index (κ3) is 3.10. The highest BCUT2D eigenvalue weighted by Gasteiger charge is 2.36. The molecule has 0 amide bonds. The third-order valence-electron chi connectivity index (χ3n) is 4.51. The minimum Gasteiger partial charge on any atom is -0.383 e. The molecule has 0 aromatic carbocycles. The van der Waals surface area contributed by atoms with Crippen LogP contribution in [0.5, 0.6) is 0 Å². The van der Waals surface area contributed by atoms with Crippen LogP contribution >= 0.6 is 0 Å². The summed E-state index contributed by atoms with van der Waals surface area (Å²) in [4.78, 5) is 11.4. The van der Waals surface area contributed by atoms with Gasteiger partial charge in [-0.3, -0.25) is 0 Å². The van der Waals surface area contributed by atoms with E-state index in [0.717, 1.165) is 56.1 Å². The summed E-state index contributed by atoms with van der Waals surface area (Å²) in [6.45, 7) is 4.68. The van der Waals surface area contributed by atoms with Crippen LogP contribution in [0.25, 0.3) is 0 Å². The van der Waals surface area contributed by atoms with Gasteiger partial charge in [0.2, 0.25) is 5.95 Å². The van der Waals surface area contributed by atoms with Gasteiger partial charge in [0.1, 0.15) is 0 Å². The van der Waals surface area contributed by atoms with Gasteiger partial charge in [-0.15, -0.1) is 0 Å². The van der Waals surface area contributed by atoms with E-state index in [9.17, 15) is 0 Å². The van der Waals surface area contributed by atoms with Crippen LogP contribution in [-0.4, -0.2) is 43.3 Å². The fraction of sp³-hybridized carbons (Fsp3) is 0.733. The molecule has 110 valence electrons. The number of nitrogens with zero attached hydrogens (tertiary/aromatic N) is 3. The summed E-state index contributed by atoms with van der Waals surface area (Å²) in [6.07, 6.45) is 8.08. The van der Waals surface area contributed by atoms with Crippen LogP contribution in [0.4, 0.5) is 5.95 Å². The maximum atomic E-state index is 5.00. The van der Waals surface area contributed by atoms with Crippen LogP contribution in [0.15, 0.2) is 12.4 Å². The topological polar surface area (TPSA) is 50.3 Å². The number of anilines is 1. The summed E-state index contributed by atoms with van der Waals surface area (Å²) in [7, 11) is 1.71. The zero-order valence-electron chi connectivity index (χ0n) is 12.2. The average molecular weight is 276 g/mol. The summed E-state index contributed by atoms with van der Waals surface area (Å²) in [5, 5.41) is 3.31.